The number of unbranched alkanes of at least 4 members (excludes halogenated alkanes) is 1. The maximum absolute atomic E-state index is 12.7. The second kappa shape index (κ2) is 7.36. The molecule has 0 amide bonds. The molecular formula is C19H29N3OS. The van der Waals surface area contributed by atoms with Gasteiger partial charge in [0.25, 0.3) is 5.56 Å². The highest BCUT2D eigenvalue weighted by Crippen LogP contribution is 2.36. The summed E-state index contributed by atoms with van der Waals surface area (Å²) in [5, 5.41) is 0.856. The number of thiophene rings is 1. The van der Waals surface area contributed by atoms with Crippen LogP contribution in [0.4, 0.5) is 0 Å². The maximum atomic E-state index is 12.7. The van der Waals surface area contributed by atoms with Crippen molar-refractivity contribution in [2.24, 2.45) is 5.92 Å². The minimum Gasteiger partial charge on any atom is -0.309 e. The summed E-state index contributed by atoms with van der Waals surface area (Å²) < 4.78 is 0. The predicted molar refractivity (Wildman–Crippen MR) is 102 cm³/mol. The van der Waals surface area contributed by atoms with Gasteiger partial charge in [0.2, 0.25) is 0 Å². The zero-order valence-electron chi connectivity index (χ0n) is 15.3. The van der Waals surface area contributed by atoms with E-state index in [-0.39, 0.29) is 11.6 Å². The largest absolute Gasteiger partial charge is 0.309 e. The first-order valence-corrected chi connectivity index (χ1v) is 10.1. The quantitative estimate of drug-likeness (QED) is 0.848. The Hall–Kier alpha value is -1.20. The van der Waals surface area contributed by atoms with Crippen LogP contribution in [0.2, 0.25) is 0 Å². The molecule has 24 heavy (non-hydrogen) atoms. The molecule has 132 valence electrons. The van der Waals surface area contributed by atoms with Crippen LogP contribution in [-0.4, -0.2) is 28.0 Å². The SMILES string of the molecule is CCCCN(CC)C(C)c1nc2sc3c(c2c(=O)[nH]1)CCC(C)C3. The van der Waals surface area contributed by atoms with E-state index in [1.54, 1.807) is 11.3 Å². The number of aryl methyl sites for hydroxylation is 1. The predicted octanol–water partition coefficient (Wildman–Crippen LogP) is 4.29. The summed E-state index contributed by atoms with van der Waals surface area (Å²) in [4.78, 5) is 25.4. The highest BCUT2D eigenvalue weighted by molar-refractivity contribution is 7.18. The van der Waals surface area contributed by atoms with Gasteiger partial charge in [0.15, 0.2) is 0 Å². The van der Waals surface area contributed by atoms with E-state index >= 15 is 0 Å². The standard InChI is InChI=1S/C19H29N3OS/c1-5-7-10-22(6-2)13(4)17-20-18(23)16-14-9-8-12(3)11-15(14)24-19(16)21-17/h12-13H,5-11H2,1-4H3,(H,20,21,23). The van der Waals surface area contributed by atoms with E-state index in [2.05, 4.69) is 37.6 Å². The smallest absolute Gasteiger partial charge is 0.259 e. The van der Waals surface area contributed by atoms with Crippen molar-refractivity contribution in [1.82, 2.24) is 14.9 Å². The van der Waals surface area contributed by atoms with Crippen molar-refractivity contribution in [3.8, 4) is 0 Å². The Balaban J connectivity index is 1.97. The van der Waals surface area contributed by atoms with Crippen LogP contribution in [0, 0.1) is 5.92 Å². The van der Waals surface area contributed by atoms with Crippen LogP contribution in [0.15, 0.2) is 4.79 Å². The Morgan fingerprint density at radius 3 is 2.92 bits per heavy atom. The third kappa shape index (κ3) is 3.29. The average molecular weight is 348 g/mol. The number of fused-ring (bicyclic) bond motifs is 3. The van der Waals surface area contributed by atoms with E-state index < -0.39 is 0 Å². The zero-order valence-corrected chi connectivity index (χ0v) is 16.1. The molecule has 2 atom stereocenters. The first-order chi connectivity index (χ1) is 11.5. The van der Waals surface area contributed by atoms with Crippen LogP contribution in [0.3, 0.4) is 0 Å². The lowest BCUT2D eigenvalue weighted by Gasteiger charge is -2.26. The second-order valence-corrected chi connectivity index (χ2v) is 8.22. The summed E-state index contributed by atoms with van der Waals surface area (Å²) in [6.07, 6.45) is 5.65. The molecule has 0 fully saturated rings. The number of nitrogens with one attached hydrogen (secondary N) is 1. The summed E-state index contributed by atoms with van der Waals surface area (Å²) in [5.74, 6) is 1.53. The summed E-state index contributed by atoms with van der Waals surface area (Å²) in [7, 11) is 0. The molecule has 5 heteroatoms. The molecule has 1 aliphatic rings. The van der Waals surface area contributed by atoms with Gasteiger partial charge in [-0.2, -0.15) is 0 Å². The minimum atomic E-state index is 0.0560. The van der Waals surface area contributed by atoms with Crippen molar-refractivity contribution in [2.75, 3.05) is 13.1 Å². The molecule has 2 aromatic heterocycles. The molecule has 0 saturated heterocycles. The summed E-state index contributed by atoms with van der Waals surface area (Å²) >= 11 is 1.74. The van der Waals surface area contributed by atoms with Gasteiger partial charge in [-0.1, -0.05) is 27.2 Å². The first-order valence-electron chi connectivity index (χ1n) is 9.33. The Morgan fingerprint density at radius 2 is 2.21 bits per heavy atom. The molecule has 4 nitrogen and oxygen atoms in total. The van der Waals surface area contributed by atoms with Crippen molar-refractivity contribution in [3.63, 3.8) is 0 Å². The van der Waals surface area contributed by atoms with E-state index in [0.29, 0.717) is 5.92 Å². The molecule has 2 unspecified atom stereocenters. The van der Waals surface area contributed by atoms with Crippen LogP contribution < -0.4 is 5.56 Å². The summed E-state index contributed by atoms with van der Waals surface area (Å²) in [6, 6.07) is 0.150. The fraction of sp³-hybridized carbons (Fsp3) is 0.684. The molecule has 0 aromatic carbocycles. The number of hydrogen-bond donors (Lipinski definition) is 1. The van der Waals surface area contributed by atoms with Crippen LogP contribution in [0.1, 0.15) is 69.3 Å². The number of nitrogens with zero attached hydrogens (tertiary/aromatic N) is 2. The Labute approximate surface area is 148 Å². The molecule has 0 aliphatic heterocycles. The van der Waals surface area contributed by atoms with Gasteiger partial charge in [-0.3, -0.25) is 9.69 Å². The highest BCUT2D eigenvalue weighted by atomic mass is 32.1. The van der Waals surface area contributed by atoms with E-state index in [1.807, 2.05) is 0 Å². The molecule has 0 spiro atoms. The molecule has 3 rings (SSSR count). The molecule has 0 saturated carbocycles. The molecular weight excluding hydrogens is 318 g/mol. The highest BCUT2D eigenvalue weighted by Gasteiger charge is 2.24. The molecule has 1 N–H and O–H groups in total. The van der Waals surface area contributed by atoms with Crippen LogP contribution in [-0.2, 0) is 12.8 Å². The van der Waals surface area contributed by atoms with Gasteiger partial charge in [-0.25, -0.2) is 4.98 Å². The Bertz CT molecular complexity index is 764. The number of H-pyrrole nitrogens is 1. The normalized spacial score (nSPS) is 19.0. The fourth-order valence-corrected chi connectivity index (χ4v) is 5.11. The third-order valence-electron chi connectivity index (χ3n) is 5.33. The van der Waals surface area contributed by atoms with Crippen LogP contribution in [0.5, 0.6) is 0 Å². The van der Waals surface area contributed by atoms with Crippen LogP contribution in [0.25, 0.3) is 10.2 Å². The molecule has 0 bridgehead atoms. The second-order valence-electron chi connectivity index (χ2n) is 7.14. The number of aromatic amines is 1. The van der Waals surface area contributed by atoms with Crippen LogP contribution >= 0.6 is 11.3 Å². The van der Waals surface area contributed by atoms with E-state index in [9.17, 15) is 4.79 Å². The van der Waals surface area contributed by atoms with E-state index in [0.717, 1.165) is 42.0 Å². The van der Waals surface area contributed by atoms with Gasteiger partial charge < -0.3 is 4.98 Å². The lowest BCUT2D eigenvalue weighted by atomic mass is 9.89. The number of rotatable bonds is 6. The van der Waals surface area contributed by atoms with Gasteiger partial charge in [-0.15, -0.1) is 11.3 Å². The van der Waals surface area contributed by atoms with Gasteiger partial charge in [0.1, 0.15) is 10.7 Å². The topological polar surface area (TPSA) is 49.0 Å². The van der Waals surface area contributed by atoms with Gasteiger partial charge >= 0.3 is 0 Å². The maximum Gasteiger partial charge on any atom is 0.259 e. The van der Waals surface area contributed by atoms with Crippen molar-refractivity contribution in [3.05, 3.63) is 26.6 Å². The number of hydrogen-bond acceptors (Lipinski definition) is 4. The fourth-order valence-electron chi connectivity index (χ4n) is 3.72. The third-order valence-corrected chi connectivity index (χ3v) is 6.48. The van der Waals surface area contributed by atoms with Gasteiger partial charge in [0, 0.05) is 4.88 Å². The molecule has 2 heterocycles. The van der Waals surface area contributed by atoms with Crippen molar-refractivity contribution >= 4 is 21.6 Å². The summed E-state index contributed by atoms with van der Waals surface area (Å²) in [5.41, 5.74) is 1.32. The zero-order chi connectivity index (χ0) is 17.3. The monoisotopic (exact) mass is 347 g/mol. The van der Waals surface area contributed by atoms with Crippen molar-refractivity contribution in [2.45, 2.75) is 65.8 Å². The van der Waals surface area contributed by atoms with Crippen molar-refractivity contribution in [1.29, 1.82) is 0 Å². The van der Waals surface area contributed by atoms with Gasteiger partial charge in [0.05, 0.1) is 11.4 Å². The van der Waals surface area contributed by atoms with Gasteiger partial charge in [-0.05, 0) is 57.2 Å². The molecule has 1 aliphatic carbocycles. The minimum absolute atomic E-state index is 0.0560. The lowest BCUT2D eigenvalue weighted by Crippen LogP contribution is -2.30. The molecule has 0 radical (unpaired) electrons. The lowest BCUT2D eigenvalue weighted by molar-refractivity contribution is 0.211. The summed E-state index contributed by atoms with van der Waals surface area (Å²) in [6.45, 7) is 10.9. The Kier molecular flexibility index (Phi) is 5.40. The average Bonchev–Trinajstić information content (AvgIpc) is 2.92. The van der Waals surface area contributed by atoms with E-state index in [4.69, 9.17) is 4.98 Å². The Morgan fingerprint density at radius 1 is 1.42 bits per heavy atom. The first kappa shape index (κ1) is 17.6. The van der Waals surface area contributed by atoms with E-state index in [1.165, 1.54) is 29.7 Å². The number of aromatic nitrogens is 2. The molecule has 2 aromatic rings. The van der Waals surface area contributed by atoms with Crippen molar-refractivity contribution < 1.29 is 0 Å².